The average Bonchev–Trinajstić information content (AvgIpc) is 3.14. The molecule has 7 heteroatoms. The highest BCUT2D eigenvalue weighted by Gasteiger charge is 2.33. The maximum Gasteiger partial charge on any atom is 0.227 e. The van der Waals surface area contributed by atoms with E-state index in [0.717, 1.165) is 35.7 Å². The molecular formula is C16H22N4O2S. The minimum Gasteiger partial charge on any atom is -0.355 e. The molecule has 0 unspecified atom stereocenters. The first kappa shape index (κ1) is 16.1. The molecule has 2 aromatic rings. The second-order valence-electron chi connectivity index (χ2n) is 7.16. The zero-order chi connectivity index (χ0) is 16.6. The number of piperidine rings is 1. The van der Waals surface area contributed by atoms with E-state index in [-0.39, 0.29) is 17.2 Å². The van der Waals surface area contributed by atoms with Gasteiger partial charge >= 0.3 is 0 Å². The largest absolute Gasteiger partial charge is 0.355 e. The fourth-order valence-corrected chi connectivity index (χ4v) is 3.66. The van der Waals surface area contributed by atoms with E-state index < -0.39 is 0 Å². The van der Waals surface area contributed by atoms with Crippen molar-refractivity contribution in [3.63, 3.8) is 0 Å². The van der Waals surface area contributed by atoms with Gasteiger partial charge in [-0.2, -0.15) is 0 Å². The van der Waals surface area contributed by atoms with Crippen molar-refractivity contribution in [3.8, 4) is 10.6 Å². The van der Waals surface area contributed by atoms with Crippen LogP contribution in [-0.4, -0.2) is 38.6 Å². The normalized spacial score (nSPS) is 19.1. The van der Waals surface area contributed by atoms with Gasteiger partial charge < -0.3 is 9.42 Å². The van der Waals surface area contributed by atoms with Gasteiger partial charge in [0.25, 0.3) is 0 Å². The molecule has 1 fully saturated rings. The Labute approximate surface area is 140 Å². The fraction of sp³-hybridized carbons (Fsp3) is 0.625. The van der Waals surface area contributed by atoms with Gasteiger partial charge in [-0.3, -0.25) is 4.79 Å². The summed E-state index contributed by atoms with van der Waals surface area (Å²) in [5.74, 6) is 1.11. The van der Waals surface area contributed by atoms with Gasteiger partial charge in [0.15, 0.2) is 5.76 Å². The van der Waals surface area contributed by atoms with Crippen molar-refractivity contribution in [2.45, 2.75) is 46.5 Å². The summed E-state index contributed by atoms with van der Waals surface area (Å²) in [6.45, 7) is 9.30. The first-order valence-corrected chi connectivity index (χ1v) is 8.69. The summed E-state index contributed by atoms with van der Waals surface area (Å²) in [7, 11) is 0. The van der Waals surface area contributed by atoms with E-state index in [1.807, 2.05) is 38.7 Å². The molecule has 6 nitrogen and oxygen atoms in total. The number of carbonyl (C=O) groups excluding carboxylic acids is 1. The van der Waals surface area contributed by atoms with Gasteiger partial charge in [0.2, 0.25) is 5.91 Å². The maximum atomic E-state index is 12.6. The average molecular weight is 334 g/mol. The summed E-state index contributed by atoms with van der Waals surface area (Å²) in [6.07, 6.45) is 2.00. The highest BCUT2D eigenvalue weighted by molar-refractivity contribution is 7.09. The Morgan fingerprint density at radius 3 is 2.87 bits per heavy atom. The van der Waals surface area contributed by atoms with E-state index in [4.69, 9.17) is 4.52 Å². The lowest BCUT2D eigenvalue weighted by molar-refractivity contribution is -0.140. The molecule has 1 amide bonds. The van der Waals surface area contributed by atoms with Gasteiger partial charge in [0.1, 0.15) is 4.88 Å². The lowest BCUT2D eigenvalue weighted by atomic mass is 9.89. The summed E-state index contributed by atoms with van der Waals surface area (Å²) in [5.41, 5.74) is 1.41. The first-order valence-electron chi connectivity index (χ1n) is 7.91. The Kier molecular flexibility index (Phi) is 4.23. The number of nitrogens with zero attached hydrogens (tertiary/aromatic N) is 4. The van der Waals surface area contributed by atoms with Crippen LogP contribution in [0.15, 0.2) is 10.6 Å². The standard InChI is InChI=1S/C16H22N4O2S/c1-10-8-12(22-18-10)14-13(17-19-23-14)11-6-5-7-20(9-11)15(21)16(2,3)4/h8,11H,5-7,9H2,1-4H3/t11-/m1/s1. The molecule has 1 aliphatic heterocycles. The Morgan fingerprint density at radius 2 is 2.22 bits per heavy atom. The second kappa shape index (κ2) is 6.03. The number of amides is 1. The molecule has 1 atom stereocenters. The highest BCUT2D eigenvalue weighted by Crippen LogP contribution is 2.36. The number of aromatic nitrogens is 3. The highest BCUT2D eigenvalue weighted by atomic mass is 32.1. The van der Waals surface area contributed by atoms with Crippen LogP contribution in [0, 0.1) is 12.3 Å². The van der Waals surface area contributed by atoms with E-state index in [1.54, 1.807) is 0 Å². The van der Waals surface area contributed by atoms with Gasteiger partial charge in [-0.1, -0.05) is 30.4 Å². The molecule has 0 N–H and O–H groups in total. The number of rotatable bonds is 2. The minimum atomic E-state index is -0.354. The van der Waals surface area contributed by atoms with Crippen molar-refractivity contribution in [3.05, 3.63) is 17.5 Å². The van der Waals surface area contributed by atoms with Crippen LogP contribution in [0.1, 0.15) is 50.9 Å². The Bertz CT molecular complexity index is 701. The van der Waals surface area contributed by atoms with Gasteiger partial charge in [0, 0.05) is 30.5 Å². The number of carbonyl (C=O) groups is 1. The zero-order valence-corrected chi connectivity index (χ0v) is 14.8. The van der Waals surface area contributed by atoms with Crippen molar-refractivity contribution in [1.29, 1.82) is 0 Å². The number of hydrogen-bond donors (Lipinski definition) is 0. The molecule has 0 saturated carbocycles. The van der Waals surface area contributed by atoms with Crippen LogP contribution in [0.5, 0.6) is 0 Å². The third-order valence-corrected chi connectivity index (χ3v) is 4.86. The third-order valence-electron chi connectivity index (χ3n) is 4.10. The van der Waals surface area contributed by atoms with Crippen molar-refractivity contribution >= 4 is 17.4 Å². The van der Waals surface area contributed by atoms with Gasteiger partial charge in [-0.05, 0) is 31.3 Å². The smallest absolute Gasteiger partial charge is 0.227 e. The summed E-state index contributed by atoms with van der Waals surface area (Å²) in [5, 5.41) is 8.27. The molecule has 23 heavy (non-hydrogen) atoms. The summed E-state index contributed by atoms with van der Waals surface area (Å²) >= 11 is 1.33. The first-order chi connectivity index (χ1) is 10.9. The Morgan fingerprint density at radius 1 is 1.43 bits per heavy atom. The fourth-order valence-electron chi connectivity index (χ4n) is 2.97. The molecule has 2 aromatic heterocycles. The molecule has 0 spiro atoms. The quantitative estimate of drug-likeness (QED) is 0.843. The van der Waals surface area contributed by atoms with Crippen LogP contribution in [-0.2, 0) is 4.79 Å². The monoisotopic (exact) mass is 334 g/mol. The Balaban J connectivity index is 1.83. The number of hydrogen-bond acceptors (Lipinski definition) is 6. The molecule has 0 aliphatic carbocycles. The van der Waals surface area contributed by atoms with Gasteiger partial charge in [-0.25, -0.2) is 0 Å². The molecule has 124 valence electrons. The Hall–Kier alpha value is -1.76. The SMILES string of the molecule is Cc1cc(-c2snnc2[C@@H]2CCCN(C(=O)C(C)(C)C)C2)on1. The molecule has 1 saturated heterocycles. The lowest BCUT2D eigenvalue weighted by Gasteiger charge is -2.36. The van der Waals surface area contributed by atoms with Crippen molar-refractivity contribution in [1.82, 2.24) is 19.6 Å². The van der Waals surface area contributed by atoms with Gasteiger partial charge in [0.05, 0.1) is 11.4 Å². The summed E-state index contributed by atoms with van der Waals surface area (Å²) in [4.78, 5) is 15.4. The van der Waals surface area contributed by atoms with Crippen LogP contribution in [0.4, 0.5) is 0 Å². The lowest BCUT2D eigenvalue weighted by Crippen LogP contribution is -2.44. The van der Waals surface area contributed by atoms with E-state index in [9.17, 15) is 4.79 Å². The topological polar surface area (TPSA) is 72.1 Å². The summed E-state index contributed by atoms with van der Waals surface area (Å²) in [6, 6.07) is 1.90. The number of aryl methyl sites for hydroxylation is 1. The molecular weight excluding hydrogens is 312 g/mol. The van der Waals surface area contributed by atoms with E-state index in [0.29, 0.717) is 12.3 Å². The van der Waals surface area contributed by atoms with Crippen molar-refractivity contribution < 1.29 is 9.32 Å². The van der Waals surface area contributed by atoms with Crippen LogP contribution in [0.25, 0.3) is 10.6 Å². The molecule has 0 aromatic carbocycles. The third kappa shape index (κ3) is 3.29. The predicted molar refractivity (Wildman–Crippen MR) is 88.2 cm³/mol. The zero-order valence-electron chi connectivity index (χ0n) is 14.0. The second-order valence-corrected chi connectivity index (χ2v) is 7.91. The molecule has 0 bridgehead atoms. The molecule has 0 radical (unpaired) electrons. The van der Waals surface area contributed by atoms with E-state index in [2.05, 4.69) is 14.7 Å². The van der Waals surface area contributed by atoms with E-state index in [1.165, 1.54) is 11.5 Å². The van der Waals surface area contributed by atoms with Gasteiger partial charge in [-0.15, -0.1) is 5.10 Å². The van der Waals surface area contributed by atoms with Crippen LogP contribution in [0.3, 0.4) is 0 Å². The van der Waals surface area contributed by atoms with E-state index >= 15 is 0 Å². The van der Waals surface area contributed by atoms with Crippen molar-refractivity contribution in [2.24, 2.45) is 5.41 Å². The molecule has 1 aliphatic rings. The van der Waals surface area contributed by atoms with Crippen LogP contribution in [0.2, 0.25) is 0 Å². The molecule has 3 rings (SSSR count). The molecule has 3 heterocycles. The predicted octanol–water partition coefficient (Wildman–Crippen LogP) is 3.25. The van der Waals surface area contributed by atoms with Crippen LogP contribution >= 0.6 is 11.5 Å². The number of likely N-dealkylation sites (tertiary alicyclic amines) is 1. The maximum absolute atomic E-state index is 12.6. The minimum absolute atomic E-state index is 0.197. The van der Waals surface area contributed by atoms with Crippen LogP contribution < -0.4 is 0 Å². The van der Waals surface area contributed by atoms with Crippen molar-refractivity contribution in [2.75, 3.05) is 13.1 Å². The summed E-state index contributed by atoms with van der Waals surface area (Å²) < 4.78 is 9.47.